The third-order valence-corrected chi connectivity index (χ3v) is 2.35. The molecule has 0 aromatic carbocycles. The lowest BCUT2D eigenvalue weighted by Gasteiger charge is -2.00. The molecule has 0 bridgehead atoms. The molecule has 2 N–H and O–H groups in total. The van der Waals surface area contributed by atoms with Crippen molar-refractivity contribution in [2.24, 2.45) is 0 Å². The maximum absolute atomic E-state index is 10.4. The summed E-state index contributed by atoms with van der Waals surface area (Å²) in [5, 5.41) is 11.8. The Kier molecular flexibility index (Phi) is 2.49. The number of oxazole rings is 1. The lowest BCUT2D eigenvalue weighted by Crippen LogP contribution is -2.08. The van der Waals surface area contributed by atoms with Crippen molar-refractivity contribution in [1.82, 2.24) is 10.3 Å². The summed E-state index contributed by atoms with van der Waals surface area (Å²) in [7, 11) is 0. The van der Waals surface area contributed by atoms with Crippen LogP contribution in [0.25, 0.3) is 0 Å². The minimum atomic E-state index is -0.914. The van der Waals surface area contributed by atoms with Gasteiger partial charge in [0.15, 0.2) is 0 Å². The summed E-state index contributed by atoms with van der Waals surface area (Å²) in [6, 6.07) is 0. The Morgan fingerprint density at radius 2 is 2.64 bits per heavy atom. The number of nitrogens with zero attached hydrogens (tertiary/aromatic N) is 1. The SMILES string of the molecule is O=C(O)Cc1nc(C2CCNC2)co1. The van der Waals surface area contributed by atoms with Crippen LogP contribution in [0.4, 0.5) is 0 Å². The van der Waals surface area contributed by atoms with E-state index in [0.29, 0.717) is 11.8 Å². The third kappa shape index (κ3) is 1.93. The van der Waals surface area contributed by atoms with E-state index in [1.807, 2.05) is 0 Å². The van der Waals surface area contributed by atoms with Crippen LogP contribution in [0.15, 0.2) is 10.7 Å². The van der Waals surface area contributed by atoms with Crippen LogP contribution in [0, 0.1) is 0 Å². The largest absolute Gasteiger partial charge is 0.481 e. The van der Waals surface area contributed by atoms with Crippen LogP contribution >= 0.6 is 0 Å². The molecule has 0 saturated carbocycles. The summed E-state index contributed by atoms with van der Waals surface area (Å²) in [4.78, 5) is 14.5. The Morgan fingerprint density at radius 1 is 1.79 bits per heavy atom. The van der Waals surface area contributed by atoms with E-state index in [9.17, 15) is 4.79 Å². The molecule has 1 aromatic rings. The van der Waals surface area contributed by atoms with Gasteiger partial charge in [-0.25, -0.2) is 4.98 Å². The highest BCUT2D eigenvalue weighted by Crippen LogP contribution is 2.21. The van der Waals surface area contributed by atoms with E-state index in [1.54, 1.807) is 6.26 Å². The summed E-state index contributed by atoms with van der Waals surface area (Å²) < 4.78 is 5.07. The summed E-state index contributed by atoms with van der Waals surface area (Å²) in [5.74, 6) is -0.247. The zero-order valence-electron chi connectivity index (χ0n) is 7.69. The number of nitrogens with one attached hydrogen (secondary N) is 1. The number of aromatic nitrogens is 1. The molecule has 2 rings (SSSR count). The molecule has 1 saturated heterocycles. The van der Waals surface area contributed by atoms with Gasteiger partial charge < -0.3 is 14.8 Å². The Bertz CT molecular complexity index is 329. The number of hydrogen-bond donors (Lipinski definition) is 2. The minimum Gasteiger partial charge on any atom is -0.481 e. The van der Waals surface area contributed by atoms with Gasteiger partial charge in [-0.3, -0.25) is 4.79 Å². The van der Waals surface area contributed by atoms with Gasteiger partial charge in [0, 0.05) is 12.5 Å². The van der Waals surface area contributed by atoms with E-state index in [1.165, 1.54) is 0 Å². The zero-order valence-corrected chi connectivity index (χ0v) is 7.69. The Labute approximate surface area is 81.1 Å². The van der Waals surface area contributed by atoms with Crippen LogP contribution in [0.2, 0.25) is 0 Å². The monoisotopic (exact) mass is 196 g/mol. The van der Waals surface area contributed by atoms with Crippen molar-refractivity contribution in [3.05, 3.63) is 17.8 Å². The highest BCUT2D eigenvalue weighted by atomic mass is 16.4. The molecule has 1 fully saturated rings. The van der Waals surface area contributed by atoms with Gasteiger partial charge in [-0.1, -0.05) is 0 Å². The van der Waals surface area contributed by atoms with Gasteiger partial charge in [0.05, 0.1) is 5.69 Å². The smallest absolute Gasteiger partial charge is 0.312 e. The molecule has 1 atom stereocenters. The molecule has 0 spiro atoms. The van der Waals surface area contributed by atoms with Gasteiger partial charge in [0.2, 0.25) is 5.89 Å². The van der Waals surface area contributed by atoms with Crippen molar-refractivity contribution in [1.29, 1.82) is 0 Å². The van der Waals surface area contributed by atoms with Gasteiger partial charge in [-0.05, 0) is 13.0 Å². The van der Waals surface area contributed by atoms with Crippen molar-refractivity contribution >= 4 is 5.97 Å². The number of carbonyl (C=O) groups is 1. The first-order chi connectivity index (χ1) is 6.75. The van der Waals surface area contributed by atoms with E-state index in [2.05, 4.69) is 10.3 Å². The molecule has 2 heterocycles. The second kappa shape index (κ2) is 3.79. The fraction of sp³-hybridized carbons (Fsp3) is 0.556. The van der Waals surface area contributed by atoms with Crippen LogP contribution in [0.3, 0.4) is 0 Å². The molecule has 1 aromatic heterocycles. The second-order valence-electron chi connectivity index (χ2n) is 3.43. The standard InChI is InChI=1S/C9H12N2O3/c12-9(13)3-8-11-7(5-14-8)6-1-2-10-4-6/h5-6,10H,1-4H2,(H,12,13). The molecule has 1 unspecified atom stereocenters. The molecule has 5 heteroatoms. The maximum atomic E-state index is 10.4. The number of carboxylic acids is 1. The van der Waals surface area contributed by atoms with E-state index in [4.69, 9.17) is 9.52 Å². The highest BCUT2D eigenvalue weighted by molar-refractivity contribution is 5.68. The zero-order chi connectivity index (χ0) is 9.97. The molecular formula is C9H12N2O3. The maximum Gasteiger partial charge on any atom is 0.312 e. The summed E-state index contributed by atoms with van der Waals surface area (Å²) in [5.41, 5.74) is 0.867. The van der Waals surface area contributed by atoms with Gasteiger partial charge in [0.1, 0.15) is 12.7 Å². The Balaban J connectivity index is 2.05. The van der Waals surface area contributed by atoms with Crippen molar-refractivity contribution in [3.63, 3.8) is 0 Å². The number of hydrogen-bond acceptors (Lipinski definition) is 4. The summed E-state index contributed by atoms with van der Waals surface area (Å²) >= 11 is 0. The predicted molar refractivity (Wildman–Crippen MR) is 48.1 cm³/mol. The van der Waals surface area contributed by atoms with E-state index in [0.717, 1.165) is 25.2 Å². The van der Waals surface area contributed by atoms with Crippen molar-refractivity contribution in [3.8, 4) is 0 Å². The molecule has 14 heavy (non-hydrogen) atoms. The topological polar surface area (TPSA) is 75.4 Å². The quantitative estimate of drug-likeness (QED) is 0.730. The lowest BCUT2D eigenvalue weighted by molar-refractivity contribution is -0.136. The normalized spacial score (nSPS) is 21.3. The Morgan fingerprint density at radius 3 is 3.29 bits per heavy atom. The molecule has 0 aliphatic carbocycles. The average molecular weight is 196 g/mol. The van der Waals surface area contributed by atoms with Crippen LogP contribution in [0.1, 0.15) is 23.9 Å². The molecule has 0 amide bonds. The average Bonchev–Trinajstić information content (AvgIpc) is 2.69. The number of rotatable bonds is 3. The van der Waals surface area contributed by atoms with Crippen LogP contribution < -0.4 is 5.32 Å². The van der Waals surface area contributed by atoms with E-state index in [-0.39, 0.29) is 6.42 Å². The fourth-order valence-corrected chi connectivity index (χ4v) is 1.63. The summed E-state index contributed by atoms with van der Waals surface area (Å²) in [6.45, 7) is 1.89. The third-order valence-electron chi connectivity index (χ3n) is 2.35. The molecule has 1 aliphatic rings. The van der Waals surface area contributed by atoms with Gasteiger partial charge in [-0.15, -0.1) is 0 Å². The molecule has 0 radical (unpaired) electrons. The first kappa shape index (κ1) is 9.21. The number of aliphatic carboxylic acids is 1. The van der Waals surface area contributed by atoms with Crippen molar-refractivity contribution in [2.75, 3.05) is 13.1 Å². The van der Waals surface area contributed by atoms with Gasteiger partial charge in [0.25, 0.3) is 0 Å². The van der Waals surface area contributed by atoms with Crippen LogP contribution in [0.5, 0.6) is 0 Å². The van der Waals surface area contributed by atoms with Gasteiger partial charge in [-0.2, -0.15) is 0 Å². The van der Waals surface area contributed by atoms with Crippen molar-refractivity contribution in [2.45, 2.75) is 18.8 Å². The van der Waals surface area contributed by atoms with Crippen LogP contribution in [-0.2, 0) is 11.2 Å². The van der Waals surface area contributed by atoms with E-state index >= 15 is 0 Å². The fourth-order valence-electron chi connectivity index (χ4n) is 1.63. The van der Waals surface area contributed by atoms with Crippen molar-refractivity contribution < 1.29 is 14.3 Å². The predicted octanol–water partition coefficient (Wildman–Crippen LogP) is 0.379. The van der Waals surface area contributed by atoms with Crippen LogP contribution in [-0.4, -0.2) is 29.1 Å². The molecule has 76 valence electrons. The summed E-state index contributed by atoms with van der Waals surface area (Å²) in [6.07, 6.45) is 2.47. The first-order valence-corrected chi connectivity index (χ1v) is 4.62. The first-order valence-electron chi connectivity index (χ1n) is 4.62. The van der Waals surface area contributed by atoms with Gasteiger partial charge >= 0.3 is 5.97 Å². The Hall–Kier alpha value is -1.36. The molecular weight excluding hydrogens is 184 g/mol. The van der Waals surface area contributed by atoms with E-state index < -0.39 is 5.97 Å². The molecule has 1 aliphatic heterocycles. The minimum absolute atomic E-state index is 0.139. The number of carboxylic acid groups (broad SMARTS) is 1. The molecule has 5 nitrogen and oxygen atoms in total. The highest BCUT2D eigenvalue weighted by Gasteiger charge is 2.20. The lowest BCUT2D eigenvalue weighted by atomic mass is 10.1. The second-order valence-corrected chi connectivity index (χ2v) is 3.43.